The van der Waals surface area contributed by atoms with Gasteiger partial charge in [-0.25, -0.2) is 9.97 Å². The molecule has 2 aliphatic rings. The Morgan fingerprint density at radius 1 is 1.10 bits per heavy atom. The molecule has 2 fully saturated rings. The number of nitrogens with one attached hydrogen (secondary N) is 3. The Kier molecular flexibility index (Phi) is 7.64. The van der Waals surface area contributed by atoms with E-state index in [9.17, 15) is 0 Å². The van der Waals surface area contributed by atoms with Gasteiger partial charge in [0.1, 0.15) is 11.6 Å². The van der Waals surface area contributed by atoms with E-state index in [0.717, 1.165) is 67.6 Å². The SMILES string of the molecule is COC[C@@H](C)NC1CCC(Nc2cc(-c3cccc(NCC4CC4)n3)c(Cl)cn2)CC1. The lowest BCUT2D eigenvalue weighted by Crippen LogP contribution is -2.42. The summed E-state index contributed by atoms with van der Waals surface area (Å²) in [6.07, 6.45) is 8.92. The first kappa shape index (κ1) is 22.3. The summed E-state index contributed by atoms with van der Waals surface area (Å²) >= 11 is 6.49. The molecule has 0 radical (unpaired) electrons. The maximum atomic E-state index is 6.49. The number of hydrogen-bond acceptors (Lipinski definition) is 6. The second kappa shape index (κ2) is 10.6. The molecular formula is C24H34ClN5O. The molecule has 0 spiro atoms. The molecule has 0 amide bonds. The highest BCUT2D eigenvalue weighted by Crippen LogP contribution is 2.31. The lowest BCUT2D eigenvalue weighted by atomic mass is 9.90. The Bertz CT molecular complexity index is 852. The van der Waals surface area contributed by atoms with E-state index < -0.39 is 0 Å². The van der Waals surface area contributed by atoms with Gasteiger partial charge < -0.3 is 20.7 Å². The highest BCUT2D eigenvalue weighted by molar-refractivity contribution is 6.33. The summed E-state index contributed by atoms with van der Waals surface area (Å²) in [5, 5.41) is 11.3. The fraction of sp³-hybridized carbons (Fsp3) is 0.583. The van der Waals surface area contributed by atoms with Crippen LogP contribution in [-0.2, 0) is 4.74 Å². The summed E-state index contributed by atoms with van der Waals surface area (Å²) in [6, 6.07) is 9.46. The number of halogens is 1. The molecule has 2 heterocycles. The minimum atomic E-state index is 0.391. The summed E-state index contributed by atoms with van der Waals surface area (Å²) in [6.45, 7) is 3.92. The molecule has 2 aromatic heterocycles. The van der Waals surface area contributed by atoms with Crippen LogP contribution in [0.1, 0.15) is 45.4 Å². The zero-order valence-corrected chi connectivity index (χ0v) is 19.3. The third-order valence-corrected chi connectivity index (χ3v) is 6.47. The molecule has 168 valence electrons. The van der Waals surface area contributed by atoms with E-state index in [4.69, 9.17) is 21.3 Å². The zero-order chi connectivity index (χ0) is 21.6. The van der Waals surface area contributed by atoms with E-state index in [2.05, 4.69) is 27.9 Å². The summed E-state index contributed by atoms with van der Waals surface area (Å²) < 4.78 is 5.23. The standard InChI is InChI=1S/C24H34ClN5O/c1-16(15-31-2)28-18-8-10-19(11-9-18)29-24-12-20(21(25)14-27-24)22-4-3-5-23(30-22)26-13-17-6-7-17/h3-5,12,14,16-19,28H,6-11,13,15H2,1-2H3,(H,26,30)(H,27,29)/t16-,18?,19?/m1/s1. The Morgan fingerprint density at radius 2 is 1.87 bits per heavy atom. The first-order valence-electron chi connectivity index (χ1n) is 11.5. The number of hydrogen-bond donors (Lipinski definition) is 3. The van der Waals surface area contributed by atoms with Crippen molar-refractivity contribution in [1.82, 2.24) is 15.3 Å². The maximum absolute atomic E-state index is 6.49. The highest BCUT2D eigenvalue weighted by Gasteiger charge is 2.23. The van der Waals surface area contributed by atoms with Gasteiger partial charge in [0.25, 0.3) is 0 Å². The van der Waals surface area contributed by atoms with Crippen LogP contribution in [0, 0.1) is 5.92 Å². The smallest absolute Gasteiger partial charge is 0.126 e. The molecule has 2 aliphatic carbocycles. The van der Waals surface area contributed by atoms with Crippen LogP contribution in [0.5, 0.6) is 0 Å². The lowest BCUT2D eigenvalue weighted by Gasteiger charge is -2.31. The van der Waals surface area contributed by atoms with E-state index in [1.54, 1.807) is 13.3 Å². The van der Waals surface area contributed by atoms with Gasteiger partial charge in [0.05, 0.1) is 17.3 Å². The Morgan fingerprint density at radius 3 is 2.61 bits per heavy atom. The van der Waals surface area contributed by atoms with Gasteiger partial charge in [-0.2, -0.15) is 0 Å². The second-order valence-electron chi connectivity index (χ2n) is 9.00. The fourth-order valence-corrected chi connectivity index (χ4v) is 4.48. The summed E-state index contributed by atoms with van der Waals surface area (Å²) in [7, 11) is 1.75. The van der Waals surface area contributed by atoms with Gasteiger partial charge in [-0.15, -0.1) is 0 Å². The third kappa shape index (κ3) is 6.55. The Hall–Kier alpha value is -1.89. The molecule has 6 nitrogen and oxygen atoms in total. The van der Waals surface area contributed by atoms with Crippen LogP contribution >= 0.6 is 11.6 Å². The van der Waals surface area contributed by atoms with Crippen molar-refractivity contribution in [3.8, 4) is 11.3 Å². The first-order chi connectivity index (χ1) is 15.1. The van der Waals surface area contributed by atoms with Crippen molar-refractivity contribution in [3.63, 3.8) is 0 Å². The van der Waals surface area contributed by atoms with Crippen molar-refractivity contribution >= 4 is 23.2 Å². The van der Waals surface area contributed by atoms with E-state index in [1.165, 1.54) is 12.8 Å². The topological polar surface area (TPSA) is 71.1 Å². The van der Waals surface area contributed by atoms with Crippen LogP contribution in [-0.4, -0.2) is 48.4 Å². The van der Waals surface area contributed by atoms with Crippen molar-refractivity contribution in [2.75, 3.05) is 30.9 Å². The van der Waals surface area contributed by atoms with Crippen molar-refractivity contribution in [2.24, 2.45) is 5.92 Å². The lowest BCUT2D eigenvalue weighted by molar-refractivity contribution is 0.161. The number of methoxy groups -OCH3 is 1. The van der Waals surface area contributed by atoms with Crippen molar-refractivity contribution in [3.05, 3.63) is 35.5 Å². The minimum absolute atomic E-state index is 0.391. The molecule has 0 aliphatic heterocycles. The van der Waals surface area contributed by atoms with Crippen molar-refractivity contribution < 1.29 is 4.74 Å². The number of rotatable bonds is 10. The molecule has 2 aromatic rings. The first-order valence-corrected chi connectivity index (χ1v) is 11.9. The molecule has 3 N–H and O–H groups in total. The largest absolute Gasteiger partial charge is 0.383 e. The number of aromatic nitrogens is 2. The van der Waals surface area contributed by atoms with Gasteiger partial charge in [-0.3, -0.25) is 0 Å². The molecule has 0 unspecified atom stereocenters. The van der Waals surface area contributed by atoms with Crippen LogP contribution in [0.15, 0.2) is 30.5 Å². The van der Waals surface area contributed by atoms with Crippen LogP contribution < -0.4 is 16.0 Å². The van der Waals surface area contributed by atoms with Crippen molar-refractivity contribution in [2.45, 2.75) is 63.6 Å². The van der Waals surface area contributed by atoms with Crippen LogP contribution in [0.25, 0.3) is 11.3 Å². The zero-order valence-electron chi connectivity index (χ0n) is 18.5. The van der Waals surface area contributed by atoms with E-state index in [1.807, 2.05) is 24.3 Å². The quantitative estimate of drug-likeness (QED) is 0.481. The van der Waals surface area contributed by atoms with Crippen LogP contribution in [0.4, 0.5) is 11.6 Å². The van der Waals surface area contributed by atoms with Gasteiger partial charge >= 0.3 is 0 Å². The Labute approximate surface area is 190 Å². The van der Waals surface area contributed by atoms with Crippen molar-refractivity contribution in [1.29, 1.82) is 0 Å². The number of nitrogens with zero attached hydrogens (tertiary/aromatic N) is 2. The Balaban J connectivity index is 1.35. The maximum Gasteiger partial charge on any atom is 0.126 e. The van der Waals surface area contributed by atoms with E-state index >= 15 is 0 Å². The number of pyridine rings is 2. The van der Waals surface area contributed by atoms with Gasteiger partial charge in [0.15, 0.2) is 0 Å². The summed E-state index contributed by atoms with van der Waals surface area (Å²) in [5.41, 5.74) is 1.79. The molecule has 2 saturated carbocycles. The molecule has 0 saturated heterocycles. The van der Waals surface area contributed by atoms with Gasteiger partial charge in [-0.1, -0.05) is 17.7 Å². The number of ether oxygens (including phenoxy) is 1. The molecule has 4 rings (SSSR count). The molecule has 0 bridgehead atoms. The molecule has 7 heteroatoms. The average Bonchev–Trinajstić information content (AvgIpc) is 3.60. The number of anilines is 2. The molecule has 0 aromatic carbocycles. The van der Waals surface area contributed by atoms with Crippen LogP contribution in [0.2, 0.25) is 5.02 Å². The van der Waals surface area contributed by atoms with Gasteiger partial charge in [0, 0.05) is 43.5 Å². The average molecular weight is 444 g/mol. The predicted octanol–water partition coefficient (Wildman–Crippen LogP) is 4.97. The molecule has 31 heavy (non-hydrogen) atoms. The van der Waals surface area contributed by atoms with E-state index in [0.29, 0.717) is 23.1 Å². The fourth-order valence-electron chi connectivity index (χ4n) is 4.28. The summed E-state index contributed by atoms with van der Waals surface area (Å²) in [4.78, 5) is 9.30. The van der Waals surface area contributed by atoms with E-state index in [-0.39, 0.29) is 0 Å². The normalized spacial score (nSPS) is 22.2. The summed E-state index contributed by atoms with van der Waals surface area (Å²) in [5.74, 6) is 2.57. The molecular weight excluding hydrogens is 410 g/mol. The predicted molar refractivity (Wildman–Crippen MR) is 128 cm³/mol. The highest BCUT2D eigenvalue weighted by atomic mass is 35.5. The second-order valence-corrected chi connectivity index (χ2v) is 9.40. The van der Waals surface area contributed by atoms with Crippen LogP contribution in [0.3, 0.4) is 0 Å². The van der Waals surface area contributed by atoms with Gasteiger partial charge in [-0.05, 0) is 69.6 Å². The minimum Gasteiger partial charge on any atom is -0.383 e. The molecule has 1 atom stereocenters. The van der Waals surface area contributed by atoms with Gasteiger partial charge in [0.2, 0.25) is 0 Å². The monoisotopic (exact) mass is 443 g/mol. The third-order valence-electron chi connectivity index (χ3n) is 6.17.